The van der Waals surface area contributed by atoms with Crippen molar-refractivity contribution in [1.29, 1.82) is 0 Å². The molecule has 2 N–H and O–H groups in total. The Morgan fingerprint density at radius 2 is 1.83 bits per heavy atom. The van der Waals surface area contributed by atoms with Crippen LogP contribution in [0.5, 0.6) is 0 Å². The molecule has 0 atom stereocenters. The number of ether oxygens (including phenoxy) is 1. The number of aryl methyl sites for hydroxylation is 1. The van der Waals surface area contributed by atoms with Crippen LogP contribution in [0.4, 0.5) is 10.5 Å². The molecule has 0 radical (unpaired) electrons. The highest BCUT2D eigenvalue weighted by molar-refractivity contribution is 9.10. The summed E-state index contributed by atoms with van der Waals surface area (Å²) in [5, 5.41) is 4.92. The first-order valence-electron chi connectivity index (χ1n) is 7.60. The van der Waals surface area contributed by atoms with Crippen molar-refractivity contribution in [3.8, 4) is 0 Å². The standard InChI is InChI=1S/C16H22BrN3O4/c1-4-20(10-15(22)19-16(23)24-5-2)9-14(21)18-13-7-6-12(17)8-11(13)3/h6-8H,4-5,9-10H2,1-3H3,(H,18,21)(H,19,22,23). The maximum absolute atomic E-state index is 12.1. The molecule has 0 spiro atoms. The van der Waals surface area contributed by atoms with Crippen LogP contribution in [0.25, 0.3) is 0 Å². The minimum Gasteiger partial charge on any atom is -0.450 e. The fourth-order valence-corrected chi connectivity index (χ4v) is 2.44. The van der Waals surface area contributed by atoms with Crippen molar-refractivity contribution in [1.82, 2.24) is 10.2 Å². The number of amides is 3. The lowest BCUT2D eigenvalue weighted by Crippen LogP contribution is -2.43. The molecule has 1 rings (SSSR count). The molecule has 0 saturated carbocycles. The minimum atomic E-state index is -0.784. The number of rotatable bonds is 7. The normalized spacial score (nSPS) is 10.4. The smallest absolute Gasteiger partial charge is 0.413 e. The Labute approximate surface area is 149 Å². The molecule has 0 saturated heterocycles. The van der Waals surface area contributed by atoms with Crippen molar-refractivity contribution in [3.05, 3.63) is 28.2 Å². The van der Waals surface area contributed by atoms with Crippen molar-refractivity contribution in [3.63, 3.8) is 0 Å². The molecule has 3 amide bonds. The number of benzene rings is 1. The molecule has 132 valence electrons. The van der Waals surface area contributed by atoms with Gasteiger partial charge in [-0.2, -0.15) is 0 Å². The predicted octanol–water partition coefficient (Wildman–Crippen LogP) is 2.29. The summed E-state index contributed by atoms with van der Waals surface area (Å²) >= 11 is 3.37. The van der Waals surface area contributed by atoms with Gasteiger partial charge in [-0.1, -0.05) is 22.9 Å². The summed E-state index contributed by atoms with van der Waals surface area (Å²) in [5.74, 6) is -0.742. The first kappa shape index (κ1) is 20.1. The van der Waals surface area contributed by atoms with E-state index in [4.69, 9.17) is 0 Å². The summed E-state index contributed by atoms with van der Waals surface area (Å²) in [6.07, 6.45) is -0.784. The fraction of sp³-hybridized carbons (Fsp3) is 0.438. The van der Waals surface area contributed by atoms with E-state index in [0.717, 1.165) is 15.7 Å². The number of halogens is 1. The number of alkyl carbamates (subject to hydrolysis) is 1. The molecule has 1 aromatic carbocycles. The molecule has 24 heavy (non-hydrogen) atoms. The van der Waals surface area contributed by atoms with Crippen molar-refractivity contribution in [2.75, 3.05) is 31.6 Å². The number of imide groups is 1. The lowest BCUT2D eigenvalue weighted by molar-refractivity contribution is -0.122. The zero-order valence-electron chi connectivity index (χ0n) is 14.0. The van der Waals surface area contributed by atoms with E-state index in [2.05, 4.69) is 31.3 Å². The predicted molar refractivity (Wildman–Crippen MR) is 94.8 cm³/mol. The highest BCUT2D eigenvalue weighted by Gasteiger charge is 2.16. The van der Waals surface area contributed by atoms with Gasteiger partial charge in [0.15, 0.2) is 0 Å². The topological polar surface area (TPSA) is 87.7 Å². The summed E-state index contributed by atoms with van der Waals surface area (Å²) in [5.41, 5.74) is 1.65. The van der Waals surface area contributed by atoms with Crippen LogP contribution < -0.4 is 10.6 Å². The van der Waals surface area contributed by atoms with Crippen molar-refractivity contribution in [2.45, 2.75) is 20.8 Å². The second kappa shape index (κ2) is 10.0. The summed E-state index contributed by atoms with van der Waals surface area (Å²) in [6, 6.07) is 5.55. The number of nitrogens with zero attached hydrogens (tertiary/aromatic N) is 1. The van der Waals surface area contributed by atoms with E-state index in [9.17, 15) is 14.4 Å². The lowest BCUT2D eigenvalue weighted by atomic mass is 10.2. The average Bonchev–Trinajstić information content (AvgIpc) is 2.49. The molecule has 8 heteroatoms. The molecule has 0 fully saturated rings. The summed E-state index contributed by atoms with van der Waals surface area (Å²) < 4.78 is 5.57. The van der Waals surface area contributed by atoms with Gasteiger partial charge < -0.3 is 10.1 Å². The van der Waals surface area contributed by atoms with Crippen LogP contribution in [-0.2, 0) is 14.3 Å². The van der Waals surface area contributed by atoms with Gasteiger partial charge in [0.2, 0.25) is 11.8 Å². The minimum absolute atomic E-state index is 0.0439. The SMILES string of the molecule is CCOC(=O)NC(=O)CN(CC)CC(=O)Nc1ccc(Br)cc1C. The summed E-state index contributed by atoms with van der Waals surface area (Å²) in [4.78, 5) is 36.7. The summed E-state index contributed by atoms with van der Waals surface area (Å²) in [6.45, 7) is 6.02. The van der Waals surface area contributed by atoms with E-state index in [1.165, 1.54) is 0 Å². The van der Waals surface area contributed by atoms with Gasteiger partial charge in [0.25, 0.3) is 0 Å². The van der Waals surface area contributed by atoms with Crippen molar-refractivity contribution < 1.29 is 19.1 Å². The monoisotopic (exact) mass is 399 g/mol. The first-order valence-corrected chi connectivity index (χ1v) is 8.40. The molecule has 0 unspecified atom stereocenters. The Kier molecular flexibility index (Phi) is 8.42. The van der Waals surface area contributed by atoms with E-state index in [1.807, 2.05) is 26.0 Å². The molecule has 0 heterocycles. The van der Waals surface area contributed by atoms with Crippen LogP contribution in [0.1, 0.15) is 19.4 Å². The number of hydrogen-bond donors (Lipinski definition) is 2. The van der Waals surface area contributed by atoms with Crippen LogP contribution in [0, 0.1) is 6.92 Å². The van der Waals surface area contributed by atoms with Gasteiger partial charge in [-0.05, 0) is 44.2 Å². The Balaban J connectivity index is 2.53. The first-order chi connectivity index (χ1) is 11.3. The average molecular weight is 400 g/mol. The van der Waals surface area contributed by atoms with Crippen LogP contribution in [0.2, 0.25) is 0 Å². The third kappa shape index (κ3) is 7.10. The molecule has 7 nitrogen and oxygen atoms in total. The number of likely N-dealkylation sites (N-methyl/N-ethyl adjacent to an activating group) is 1. The van der Waals surface area contributed by atoms with Gasteiger partial charge in [0.05, 0.1) is 19.7 Å². The van der Waals surface area contributed by atoms with E-state index in [0.29, 0.717) is 6.54 Å². The Bertz CT molecular complexity index is 607. The van der Waals surface area contributed by atoms with Crippen LogP contribution >= 0.6 is 15.9 Å². The Morgan fingerprint density at radius 3 is 2.42 bits per heavy atom. The van der Waals surface area contributed by atoms with Crippen molar-refractivity contribution in [2.24, 2.45) is 0 Å². The van der Waals surface area contributed by atoms with Crippen LogP contribution in [0.15, 0.2) is 22.7 Å². The second-order valence-corrected chi connectivity index (χ2v) is 6.00. The molecule has 0 aliphatic heterocycles. The molecular formula is C16H22BrN3O4. The van der Waals surface area contributed by atoms with Crippen LogP contribution in [-0.4, -0.2) is 49.0 Å². The van der Waals surface area contributed by atoms with E-state index >= 15 is 0 Å². The largest absolute Gasteiger partial charge is 0.450 e. The molecule has 0 bridgehead atoms. The number of anilines is 1. The molecule has 0 aliphatic carbocycles. The Morgan fingerprint density at radius 1 is 1.17 bits per heavy atom. The lowest BCUT2D eigenvalue weighted by Gasteiger charge is -2.19. The second-order valence-electron chi connectivity index (χ2n) is 5.08. The number of carbonyl (C=O) groups is 3. The number of nitrogens with one attached hydrogen (secondary N) is 2. The summed E-state index contributed by atoms with van der Waals surface area (Å²) in [7, 11) is 0. The maximum atomic E-state index is 12.1. The number of carbonyl (C=O) groups excluding carboxylic acids is 3. The third-order valence-electron chi connectivity index (χ3n) is 3.16. The molecule has 1 aromatic rings. The highest BCUT2D eigenvalue weighted by Crippen LogP contribution is 2.19. The maximum Gasteiger partial charge on any atom is 0.413 e. The van der Waals surface area contributed by atoms with Gasteiger partial charge in [-0.3, -0.25) is 19.8 Å². The molecule has 0 aromatic heterocycles. The van der Waals surface area contributed by atoms with Gasteiger partial charge in [-0.25, -0.2) is 4.79 Å². The quantitative estimate of drug-likeness (QED) is 0.734. The number of hydrogen-bond acceptors (Lipinski definition) is 5. The van der Waals surface area contributed by atoms with Gasteiger partial charge in [0, 0.05) is 10.2 Å². The zero-order valence-corrected chi connectivity index (χ0v) is 15.6. The molecular weight excluding hydrogens is 378 g/mol. The van der Waals surface area contributed by atoms with Gasteiger partial charge in [-0.15, -0.1) is 0 Å². The van der Waals surface area contributed by atoms with E-state index in [1.54, 1.807) is 17.9 Å². The van der Waals surface area contributed by atoms with Crippen LogP contribution in [0.3, 0.4) is 0 Å². The zero-order chi connectivity index (χ0) is 18.1. The highest BCUT2D eigenvalue weighted by atomic mass is 79.9. The van der Waals surface area contributed by atoms with E-state index in [-0.39, 0.29) is 25.6 Å². The van der Waals surface area contributed by atoms with E-state index < -0.39 is 12.0 Å². The molecule has 0 aliphatic rings. The van der Waals surface area contributed by atoms with Crippen molar-refractivity contribution >= 4 is 39.5 Å². The third-order valence-corrected chi connectivity index (χ3v) is 3.65. The Hall–Kier alpha value is -1.93. The van der Waals surface area contributed by atoms with Gasteiger partial charge >= 0.3 is 6.09 Å². The fourth-order valence-electron chi connectivity index (χ4n) is 1.96. The van der Waals surface area contributed by atoms with Gasteiger partial charge in [0.1, 0.15) is 0 Å².